The van der Waals surface area contributed by atoms with Crippen LogP contribution in [-0.4, -0.2) is 22.2 Å². The highest BCUT2D eigenvalue weighted by Gasteiger charge is 2.48. The Morgan fingerprint density at radius 1 is 1.28 bits per heavy atom. The normalized spacial score (nSPS) is 17.9. The van der Waals surface area contributed by atoms with Gasteiger partial charge in [-0.1, -0.05) is 24.6 Å². The zero-order valence-electron chi connectivity index (χ0n) is 14.4. The molecule has 1 aliphatic heterocycles. The predicted molar refractivity (Wildman–Crippen MR) is 91.0 cm³/mol. The van der Waals surface area contributed by atoms with Gasteiger partial charge in [0, 0.05) is 28.9 Å². The number of amides is 1. The maximum Gasteiger partial charge on any atom is 0.333 e. The number of nitrogens with zero attached hydrogens (tertiary/aromatic N) is 3. The number of benzene rings is 1. The van der Waals surface area contributed by atoms with Crippen LogP contribution in [0.4, 0.5) is 14.5 Å². The smallest absolute Gasteiger partial charge is 0.311 e. The first kappa shape index (κ1) is 16.2. The number of alkyl halides is 2. The highest BCUT2D eigenvalue weighted by Crippen LogP contribution is 2.52. The molecule has 0 saturated heterocycles. The summed E-state index contributed by atoms with van der Waals surface area (Å²) in [5, 5.41) is 3.89. The average Bonchev–Trinajstić information content (AvgIpc) is 3.05. The van der Waals surface area contributed by atoms with Gasteiger partial charge < -0.3 is 4.90 Å². The number of anilines is 1. The second-order valence-electron chi connectivity index (χ2n) is 7.18. The van der Waals surface area contributed by atoms with Crippen LogP contribution < -0.4 is 4.90 Å². The average molecular weight is 345 g/mol. The van der Waals surface area contributed by atoms with E-state index in [1.807, 2.05) is 23.1 Å². The number of carbonyl (C=O) groups excluding carboxylic acids is 1. The Hall–Kier alpha value is -2.24. The van der Waals surface area contributed by atoms with Crippen molar-refractivity contribution in [3.8, 4) is 0 Å². The van der Waals surface area contributed by atoms with Gasteiger partial charge >= 0.3 is 6.55 Å². The number of carbonyl (C=O) groups is 1. The fourth-order valence-electron chi connectivity index (χ4n) is 4.27. The van der Waals surface area contributed by atoms with Crippen LogP contribution in [-0.2, 0) is 16.6 Å². The van der Waals surface area contributed by atoms with Crippen LogP contribution in [0.1, 0.15) is 48.3 Å². The Bertz CT molecular complexity index is 839. The van der Waals surface area contributed by atoms with Crippen LogP contribution in [0.3, 0.4) is 0 Å². The minimum Gasteiger partial charge on any atom is -0.311 e. The molecule has 6 heteroatoms. The van der Waals surface area contributed by atoms with Gasteiger partial charge in [-0.25, -0.2) is 4.68 Å². The van der Waals surface area contributed by atoms with E-state index in [0.717, 1.165) is 18.5 Å². The lowest BCUT2D eigenvalue weighted by Crippen LogP contribution is -2.42. The molecule has 1 aromatic heterocycles. The third-order valence-electron chi connectivity index (χ3n) is 5.83. The van der Waals surface area contributed by atoms with Crippen molar-refractivity contribution < 1.29 is 13.6 Å². The van der Waals surface area contributed by atoms with Crippen molar-refractivity contribution in [2.45, 2.75) is 51.5 Å². The molecule has 2 aliphatic rings. The third kappa shape index (κ3) is 2.38. The van der Waals surface area contributed by atoms with Gasteiger partial charge in [0.1, 0.15) is 0 Å². The number of hydrogen-bond donors (Lipinski definition) is 0. The second kappa shape index (κ2) is 5.64. The highest BCUT2D eigenvalue weighted by molar-refractivity contribution is 5.97. The number of hydrogen-bond acceptors (Lipinski definition) is 2. The van der Waals surface area contributed by atoms with Gasteiger partial charge in [0.05, 0.1) is 12.1 Å². The molecule has 1 fully saturated rings. The van der Waals surface area contributed by atoms with Crippen molar-refractivity contribution in [1.29, 1.82) is 0 Å². The number of halogens is 2. The Morgan fingerprint density at radius 2 is 2.00 bits per heavy atom. The van der Waals surface area contributed by atoms with E-state index in [9.17, 15) is 13.6 Å². The van der Waals surface area contributed by atoms with E-state index in [1.165, 1.54) is 12.0 Å². The van der Waals surface area contributed by atoms with E-state index in [4.69, 9.17) is 0 Å². The van der Waals surface area contributed by atoms with Gasteiger partial charge in [0.25, 0.3) is 0 Å². The van der Waals surface area contributed by atoms with Crippen LogP contribution in [0.15, 0.2) is 24.3 Å². The van der Waals surface area contributed by atoms with Gasteiger partial charge in [0.15, 0.2) is 0 Å². The SMILES string of the molecule is Cc1nn(C(F)F)c(C)c1CC(=O)N1CC2(CCC2)c2ccccc21. The summed E-state index contributed by atoms with van der Waals surface area (Å²) in [5.41, 5.74) is 3.81. The largest absolute Gasteiger partial charge is 0.333 e. The van der Waals surface area contributed by atoms with Crippen LogP contribution in [0, 0.1) is 13.8 Å². The molecular weight excluding hydrogens is 324 g/mol. The number of rotatable bonds is 3. The molecule has 1 aromatic carbocycles. The van der Waals surface area contributed by atoms with E-state index >= 15 is 0 Å². The van der Waals surface area contributed by atoms with E-state index < -0.39 is 6.55 Å². The minimum absolute atomic E-state index is 0.0451. The summed E-state index contributed by atoms with van der Waals surface area (Å²) in [6, 6.07) is 8.08. The maximum absolute atomic E-state index is 13.0. The summed E-state index contributed by atoms with van der Waals surface area (Å²) >= 11 is 0. The Kier molecular flexibility index (Phi) is 3.67. The lowest BCUT2D eigenvalue weighted by Gasteiger charge is -2.39. The van der Waals surface area contributed by atoms with E-state index in [0.29, 0.717) is 28.2 Å². The molecule has 132 valence electrons. The second-order valence-corrected chi connectivity index (χ2v) is 7.18. The zero-order chi connectivity index (χ0) is 17.8. The van der Waals surface area contributed by atoms with Crippen molar-refractivity contribution in [3.05, 3.63) is 46.8 Å². The monoisotopic (exact) mass is 345 g/mol. The summed E-state index contributed by atoms with van der Waals surface area (Å²) in [6.45, 7) is 1.29. The molecule has 0 radical (unpaired) electrons. The van der Waals surface area contributed by atoms with Crippen LogP contribution in [0.5, 0.6) is 0 Å². The third-order valence-corrected chi connectivity index (χ3v) is 5.83. The summed E-state index contributed by atoms with van der Waals surface area (Å²) in [7, 11) is 0. The van der Waals surface area contributed by atoms with Crippen LogP contribution >= 0.6 is 0 Å². The highest BCUT2D eigenvalue weighted by atomic mass is 19.3. The molecule has 0 atom stereocenters. The Morgan fingerprint density at radius 3 is 2.60 bits per heavy atom. The van der Waals surface area contributed by atoms with E-state index in [-0.39, 0.29) is 17.7 Å². The van der Waals surface area contributed by atoms with E-state index in [1.54, 1.807) is 13.8 Å². The lowest BCUT2D eigenvalue weighted by atomic mass is 9.66. The Balaban J connectivity index is 1.63. The lowest BCUT2D eigenvalue weighted by molar-refractivity contribution is -0.118. The molecule has 0 bridgehead atoms. The molecule has 4 rings (SSSR count). The maximum atomic E-state index is 13.0. The van der Waals surface area contributed by atoms with Gasteiger partial charge in [-0.15, -0.1) is 0 Å². The van der Waals surface area contributed by atoms with Crippen molar-refractivity contribution in [2.75, 3.05) is 11.4 Å². The first-order valence-corrected chi connectivity index (χ1v) is 8.65. The standard InChI is InChI=1S/C19H21F2N3O/c1-12-14(13(2)24(22-12)18(20)21)10-17(25)23-11-19(8-5-9-19)15-6-3-4-7-16(15)23/h3-4,6-7,18H,5,8-11H2,1-2H3. The van der Waals surface area contributed by atoms with Crippen LogP contribution in [0.2, 0.25) is 0 Å². The number of fused-ring (bicyclic) bond motifs is 2. The zero-order valence-corrected chi connectivity index (χ0v) is 14.4. The van der Waals surface area contributed by atoms with Crippen molar-refractivity contribution in [1.82, 2.24) is 9.78 Å². The molecule has 0 N–H and O–H groups in total. The molecule has 1 amide bonds. The fraction of sp³-hybridized carbons (Fsp3) is 0.474. The van der Waals surface area contributed by atoms with Gasteiger partial charge in [-0.05, 0) is 38.3 Å². The molecule has 2 aromatic rings. The minimum atomic E-state index is -2.69. The summed E-state index contributed by atoms with van der Waals surface area (Å²) in [6.07, 6.45) is 3.51. The van der Waals surface area contributed by atoms with Gasteiger partial charge in [0.2, 0.25) is 5.91 Å². The van der Waals surface area contributed by atoms with Crippen LogP contribution in [0.25, 0.3) is 0 Å². The molecule has 4 nitrogen and oxygen atoms in total. The molecule has 2 heterocycles. The summed E-state index contributed by atoms with van der Waals surface area (Å²) in [5.74, 6) is -0.0451. The van der Waals surface area contributed by atoms with Crippen molar-refractivity contribution in [2.24, 2.45) is 0 Å². The number of aromatic nitrogens is 2. The quantitative estimate of drug-likeness (QED) is 0.846. The molecule has 1 spiro atoms. The first-order valence-electron chi connectivity index (χ1n) is 8.65. The Labute approximate surface area is 145 Å². The predicted octanol–water partition coefficient (Wildman–Crippen LogP) is 3.91. The topological polar surface area (TPSA) is 38.1 Å². The van der Waals surface area contributed by atoms with E-state index in [2.05, 4.69) is 11.2 Å². The van der Waals surface area contributed by atoms with Gasteiger partial charge in [-0.3, -0.25) is 4.79 Å². The number of para-hydroxylation sites is 1. The van der Waals surface area contributed by atoms with Crippen molar-refractivity contribution in [3.63, 3.8) is 0 Å². The molecule has 1 saturated carbocycles. The molecule has 25 heavy (non-hydrogen) atoms. The molecular formula is C19H21F2N3O. The summed E-state index contributed by atoms with van der Waals surface area (Å²) < 4.78 is 26.7. The fourth-order valence-corrected chi connectivity index (χ4v) is 4.27. The first-order chi connectivity index (χ1) is 11.9. The van der Waals surface area contributed by atoms with Gasteiger partial charge in [-0.2, -0.15) is 13.9 Å². The van der Waals surface area contributed by atoms with Crippen molar-refractivity contribution >= 4 is 11.6 Å². The molecule has 1 aliphatic carbocycles. The molecule has 0 unspecified atom stereocenters. The number of aryl methyl sites for hydroxylation is 1. The summed E-state index contributed by atoms with van der Waals surface area (Å²) in [4.78, 5) is 14.8.